The van der Waals surface area contributed by atoms with Gasteiger partial charge in [-0.1, -0.05) is 40.7 Å². The molecule has 2 heteroatoms. The number of benzene rings is 1. The molecule has 0 aliphatic rings. The van der Waals surface area contributed by atoms with Gasteiger partial charge in [0.25, 0.3) is 0 Å². The lowest BCUT2D eigenvalue weighted by Crippen LogP contribution is -2.21. The van der Waals surface area contributed by atoms with Crippen LogP contribution in [0.1, 0.15) is 12.0 Å². The molecule has 1 rings (SSSR count). The summed E-state index contributed by atoms with van der Waals surface area (Å²) in [6, 6.07) is 7.50. The van der Waals surface area contributed by atoms with E-state index in [2.05, 4.69) is 34.8 Å². The number of aliphatic hydroxyl groups is 1. The van der Waals surface area contributed by atoms with Gasteiger partial charge in [-0.15, -0.1) is 12.3 Å². The minimum atomic E-state index is -1.05. The Morgan fingerprint density at radius 2 is 2.00 bits per heavy atom. The van der Waals surface area contributed by atoms with Gasteiger partial charge in [0, 0.05) is 10.9 Å². The first-order valence-corrected chi connectivity index (χ1v) is 5.38. The molecule has 0 amide bonds. The molecule has 0 saturated heterocycles. The molecule has 1 atom stereocenters. The molecule has 0 aliphatic carbocycles. The lowest BCUT2D eigenvalue weighted by molar-refractivity contribution is 0.0932. The van der Waals surface area contributed by atoms with Crippen molar-refractivity contribution in [2.75, 3.05) is 0 Å². The van der Waals surface area contributed by atoms with E-state index >= 15 is 0 Å². The Labute approximate surface area is 98.6 Å². The van der Waals surface area contributed by atoms with Gasteiger partial charge in [-0.25, -0.2) is 0 Å². The van der Waals surface area contributed by atoms with E-state index in [4.69, 9.17) is 0 Å². The molecule has 0 radical (unpaired) electrons. The second kappa shape index (κ2) is 5.13. The molecule has 0 spiro atoms. The topological polar surface area (TPSA) is 20.2 Å². The van der Waals surface area contributed by atoms with Crippen molar-refractivity contribution in [1.29, 1.82) is 0 Å². The van der Waals surface area contributed by atoms with Gasteiger partial charge >= 0.3 is 0 Å². The van der Waals surface area contributed by atoms with Crippen molar-refractivity contribution in [1.82, 2.24) is 0 Å². The van der Waals surface area contributed by atoms with Crippen LogP contribution < -0.4 is 0 Å². The fourth-order valence-electron chi connectivity index (χ4n) is 1.39. The Bertz CT molecular complexity index is 388. The molecule has 0 aromatic heterocycles. The van der Waals surface area contributed by atoms with Crippen LogP contribution in [0.4, 0.5) is 0 Å². The van der Waals surface area contributed by atoms with Crippen molar-refractivity contribution >= 4 is 15.9 Å². The van der Waals surface area contributed by atoms with Crippen molar-refractivity contribution in [3.8, 4) is 0 Å². The number of hydrogen-bond acceptors (Lipinski definition) is 1. The summed E-state index contributed by atoms with van der Waals surface area (Å²) < 4.78 is 0.981. The summed E-state index contributed by atoms with van der Waals surface area (Å²) in [5, 5.41) is 10.3. The summed E-state index contributed by atoms with van der Waals surface area (Å²) in [4.78, 5) is 0. The van der Waals surface area contributed by atoms with Crippen LogP contribution in [0.15, 0.2) is 59.8 Å². The monoisotopic (exact) mass is 264 g/mol. The first-order valence-electron chi connectivity index (χ1n) is 4.58. The molecule has 0 bridgehead atoms. The third-order valence-electron chi connectivity index (χ3n) is 2.14. The highest BCUT2D eigenvalue weighted by Crippen LogP contribution is 2.27. The average molecular weight is 265 g/mol. The maximum Gasteiger partial charge on any atom is 0.118 e. The average Bonchev–Trinajstić information content (AvgIpc) is 2.19. The van der Waals surface area contributed by atoms with Crippen molar-refractivity contribution in [2.45, 2.75) is 12.0 Å². The Morgan fingerprint density at radius 3 is 2.47 bits per heavy atom. The third kappa shape index (κ3) is 2.93. The molecule has 0 saturated carbocycles. The lowest BCUT2D eigenvalue weighted by Gasteiger charge is -2.22. The first kappa shape index (κ1) is 12.0. The Kier molecular flexibility index (Phi) is 4.10. The molecule has 0 aliphatic heterocycles. The molecule has 1 unspecified atom stereocenters. The van der Waals surface area contributed by atoms with Gasteiger partial charge in [0.05, 0.1) is 0 Å². The summed E-state index contributed by atoms with van der Waals surface area (Å²) in [6.07, 6.45) is 3.67. The second-order valence-electron chi connectivity index (χ2n) is 3.27. The van der Waals surface area contributed by atoms with E-state index in [0.717, 1.165) is 10.0 Å². The third-order valence-corrected chi connectivity index (χ3v) is 2.67. The van der Waals surface area contributed by atoms with E-state index in [9.17, 15) is 5.11 Å². The maximum atomic E-state index is 10.3. The second-order valence-corrected chi connectivity index (χ2v) is 4.19. The molecule has 0 fully saturated rings. The van der Waals surface area contributed by atoms with E-state index < -0.39 is 5.60 Å². The fraction of sp³-hybridized carbons (Fsp3) is 0.154. The number of halogens is 1. The van der Waals surface area contributed by atoms with Crippen LogP contribution in [0.2, 0.25) is 0 Å². The van der Waals surface area contributed by atoms with Crippen LogP contribution in [0.5, 0.6) is 0 Å². The summed E-state index contributed by atoms with van der Waals surface area (Å²) in [7, 11) is 0. The predicted molar refractivity (Wildman–Crippen MR) is 66.6 cm³/mol. The van der Waals surface area contributed by atoms with Crippen LogP contribution in [0.25, 0.3) is 0 Å². The van der Waals surface area contributed by atoms with Gasteiger partial charge in [-0.05, 0) is 23.8 Å². The van der Waals surface area contributed by atoms with Crippen molar-refractivity contribution in [3.05, 3.63) is 65.3 Å². The zero-order valence-corrected chi connectivity index (χ0v) is 10.00. The smallest absolute Gasteiger partial charge is 0.118 e. The highest BCUT2D eigenvalue weighted by atomic mass is 79.9. The van der Waals surface area contributed by atoms with Gasteiger partial charge in [-0.2, -0.15) is 0 Å². The number of hydrogen-bond donors (Lipinski definition) is 1. The van der Waals surface area contributed by atoms with Crippen LogP contribution in [-0.2, 0) is 5.60 Å². The highest BCUT2D eigenvalue weighted by molar-refractivity contribution is 9.10. The molecule has 1 aromatic rings. The van der Waals surface area contributed by atoms with Crippen molar-refractivity contribution in [2.24, 2.45) is 0 Å². The van der Waals surface area contributed by atoms with Crippen molar-refractivity contribution in [3.63, 3.8) is 0 Å². The standard InChI is InChI=1S/C13H13BrO/c1-3-9-13(15,10-4-2)11-5-7-12(14)8-6-11/h3,5-8,10,15H,1-2,9H2. The molecule has 1 N–H and O–H groups in total. The molecule has 0 heterocycles. The predicted octanol–water partition coefficient (Wildman–Crippen LogP) is 3.55. The quantitative estimate of drug-likeness (QED) is 0.652. The van der Waals surface area contributed by atoms with E-state index in [1.807, 2.05) is 24.3 Å². The van der Waals surface area contributed by atoms with Crippen LogP contribution in [-0.4, -0.2) is 5.11 Å². The molecular weight excluding hydrogens is 252 g/mol. The number of rotatable bonds is 4. The molecule has 78 valence electrons. The maximum absolute atomic E-state index is 10.3. The highest BCUT2D eigenvalue weighted by Gasteiger charge is 2.24. The largest absolute Gasteiger partial charge is 0.380 e. The summed E-state index contributed by atoms with van der Waals surface area (Å²) in [5.74, 6) is 0. The summed E-state index contributed by atoms with van der Waals surface area (Å²) in [6.45, 7) is 7.12. The minimum Gasteiger partial charge on any atom is -0.380 e. The molecule has 1 aromatic carbocycles. The Morgan fingerprint density at radius 1 is 1.40 bits per heavy atom. The van der Waals surface area contributed by atoms with Gasteiger partial charge in [0.2, 0.25) is 0 Å². The Balaban J connectivity index is 3.14. The van der Waals surface area contributed by atoms with E-state index in [1.165, 1.54) is 0 Å². The van der Waals surface area contributed by atoms with Gasteiger partial charge in [0.15, 0.2) is 0 Å². The van der Waals surface area contributed by atoms with Gasteiger partial charge in [0.1, 0.15) is 5.60 Å². The first-order chi connectivity index (χ1) is 7.12. The van der Waals surface area contributed by atoms with E-state index in [1.54, 1.807) is 12.2 Å². The van der Waals surface area contributed by atoms with Crippen LogP contribution in [0, 0.1) is 0 Å². The SMILES string of the molecule is C=C=CC(O)(CC=C)c1ccc(Br)cc1. The van der Waals surface area contributed by atoms with Gasteiger partial charge < -0.3 is 5.11 Å². The Hall–Kier alpha value is -1.08. The summed E-state index contributed by atoms with van der Waals surface area (Å²) in [5.41, 5.74) is 2.38. The minimum absolute atomic E-state index is 0.442. The zero-order chi connectivity index (χ0) is 11.3. The van der Waals surface area contributed by atoms with E-state index in [0.29, 0.717) is 6.42 Å². The summed E-state index contributed by atoms with van der Waals surface area (Å²) >= 11 is 3.35. The molecule has 15 heavy (non-hydrogen) atoms. The van der Waals surface area contributed by atoms with Crippen LogP contribution >= 0.6 is 15.9 Å². The normalized spacial score (nSPS) is 13.7. The molecule has 1 nitrogen and oxygen atoms in total. The molecular formula is C13H13BrO. The van der Waals surface area contributed by atoms with E-state index in [-0.39, 0.29) is 0 Å². The van der Waals surface area contributed by atoms with Gasteiger partial charge in [-0.3, -0.25) is 0 Å². The zero-order valence-electron chi connectivity index (χ0n) is 8.41. The van der Waals surface area contributed by atoms with Crippen LogP contribution in [0.3, 0.4) is 0 Å². The van der Waals surface area contributed by atoms with Crippen molar-refractivity contribution < 1.29 is 5.11 Å². The fourth-order valence-corrected chi connectivity index (χ4v) is 1.65. The lowest BCUT2D eigenvalue weighted by atomic mass is 9.90.